The molecule has 2 nitrogen and oxygen atoms in total. The molecular weight excluding hydrogens is 198 g/mol. The van der Waals surface area contributed by atoms with Crippen molar-refractivity contribution in [2.75, 3.05) is 7.11 Å². The maximum Gasteiger partial charge on any atom is 0.124 e. The van der Waals surface area contributed by atoms with E-state index in [0.717, 1.165) is 16.7 Å². The maximum absolute atomic E-state index is 5.44. The molecule has 1 aromatic carbocycles. The van der Waals surface area contributed by atoms with Crippen molar-refractivity contribution >= 4 is 10.9 Å². The number of hydrogen-bond donors (Lipinski definition) is 0. The molecule has 1 aromatic heterocycles. The van der Waals surface area contributed by atoms with E-state index in [1.165, 1.54) is 5.56 Å². The fourth-order valence-electron chi connectivity index (χ4n) is 2.02. The SMILES string of the molecule is COc1ccc2cccnc2c1C(C)(C)C. The van der Waals surface area contributed by atoms with Crippen LogP contribution in [0.2, 0.25) is 0 Å². The normalized spacial score (nSPS) is 11.8. The van der Waals surface area contributed by atoms with Crippen LogP contribution in [0.5, 0.6) is 5.75 Å². The van der Waals surface area contributed by atoms with E-state index < -0.39 is 0 Å². The van der Waals surface area contributed by atoms with Gasteiger partial charge in [0.15, 0.2) is 0 Å². The van der Waals surface area contributed by atoms with Gasteiger partial charge in [-0.05, 0) is 23.6 Å². The van der Waals surface area contributed by atoms with E-state index in [4.69, 9.17) is 4.74 Å². The first-order valence-electron chi connectivity index (χ1n) is 5.46. The van der Waals surface area contributed by atoms with Crippen LogP contribution in [-0.4, -0.2) is 12.1 Å². The molecule has 1 heterocycles. The second kappa shape index (κ2) is 3.78. The number of rotatable bonds is 1. The number of aromatic nitrogens is 1. The molecule has 2 aromatic rings. The number of hydrogen-bond acceptors (Lipinski definition) is 2. The predicted octanol–water partition coefficient (Wildman–Crippen LogP) is 3.54. The molecule has 84 valence electrons. The highest BCUT2D eigenvalue weighted by atomic mass is 16.5. The van der Waals surface area contributed by atoms with Gasteiger partial charge in [0, 0.05) is 17.1 Å². The summed E-state index contributed by atoms with van der Waals surface area (Å²) in [4.78, 5) is 4.48. The molecule has 0 atom stereocenters. The quantitative estimate of drug-likeness (QED) is 0.726. The highest BCUT2D eigenvalue weighted by Gasteiger charge is 2.22. The molecule has 0 fully saturated rings. The molecule has 0 spiro atoms. The zero-order chi connectivity index (χ0) is 11.8. The summed E-state index contributed by atoms with van der Waals surface area (Å²) in [5, 5.41) is 1.16. The predicted molar refractivity (Wildman–Crippen MR) is 67.0 cm³/mol. The molecule has 0 aliphatic heterocycles. The Labute approximate surface area is 96.3 Å². The van der Waals surface area contributed by atoms with Crippen molar-refractivity contribution in [1.29, 1.82) is 0 Å². The zero-order valence-corrected chi connectivity index (χ0v) is 10.2. The Morgan fingerprint density at radius 1 is 1.12 bits per heavy atom. The number of methoxy groups -OCH3 is 1. The molecule has 0 unspecified atom stereocenters. The van der Waals surface area contributed by atoms with Crippen LogP contribution < -0.4 is 4.74 Å². The Bertz CT molecular complexity index is 512. The molecule has 0 bridgehead atoms. The first-order chi connectivity index (χ1) is 7.54. The van der Waals surface area contributed by atoms with Crippen molar-refractivity contribution in [3.63, 3.8) is 0 Å². The van der Waals surface area contributed by atoms with Gasteiger partial charge >= 0.3 is 0 Å². The largest absolute Gasteiger partial charge is 0.496 e. The number of benzene rings is 1. The Kier molecular flexibility index (Phi) is 2.58. The van der Waals surface area contributed by atoms with E-state index in [9.17, 15) is 0 Å². The maximum atomic E-state index is 5.44. The molecule has 0 aliphatic rings. The van der Waals surface area contributed by atoms with Crippen molar-refractivity contribution < 1.29 is 4.74 Å². The number of nitrogens with zero attached hydrogens (tertiary/aromatic N) is 1. The standard InChI is InChI=1S/C14H17NO/c1-14(2,3)12-11(16-4)8-7-10-6-5-9-15-13(10)12/h5-9H,1-4H3. The zero-order valence-electron chi connectivity index (χ0n) is 10.2. The van der Waals surface area contributed by atoms with Crippen molar-refractivity contribution in [3.05, 3.63) is 36.0 Å². The highest BCUT2D eigenvalue weighted by molar-refractivity contribution is 5.85. The van der Waals surface area contributed by atoms with Gasteiger partial charge in [0.25, 0.3) is 0 Å². The van der Waals surface area contributed by atoms with Gasteiger partial charge in [-0.3, -0.25) is 4.98 Å². The highest BCUT2D eigenvalue weighted by Crippen LogP contribution is 2.36. The third-order valence-electron chi connectivity index (χ3n) is 2.71. The Balaban J connectivity index is 2.84. The Morgan fingerprint density at radius 2 is 1.88 bits per heavy atom. The molecule has 0 N–H and O–H groups in total. The third kappa shape index (κ3) is 1.75. The first-order valence-corrected chi connectivity index (χ1v) is 5.46. The van der Waals surface area contributed by atoms with E-state index in [1.807, 2.05) is 18.3 Å². The Morgan fingerprint density at radius 3 is 2.50 bits per heavy atom. The minimum Gasteiger partial charge on any atom is -0.496 e. The summed E-state index contributed by atoms with van der Waals surface area (Å²) in [6, 6.07) is 8.11. The van der Waals surface area contributed by atoms with Gasteiger partial charge < -0.3 is 4.74 Å². The summed E-state index contributed by atoms with van der Waals surface area (Å²) < 4.78 is 5.44. The van der Waals surface area contributed by atoms with Crippen LogP contribution in [0.1, 0.15) is 26.3 Å². The van der Waals surface area contributed by atoms with Crippen LogP contribution in [0, 0.1) is 0 Å². The summed E-state index contributed by atoms with van der Waals surface area (Å²) >= 11 is 0. The van der Waals surface area contributed by atoms with Crippen molar-refractivity contribution in [2.45, 2.75) is 26.2 Å². The lowest BCUT2D eigenvalue weighted by Crippen LogP contribution is -2.14. The summed E-state index contributed by atoms with van der Waals surface area (Å²) in [5.41, 5.74) is 2.24. The molecular formula is C14H17NO. The van der Waals surface area contributed by atoms with Crippen LogP contribution in [0.25, 0.3) is 10.9 Å². The molecule has 0 aliphatic carbocycles. The lowest BCUT2D eigenvalue weighted by molar-refractivity contribution is 0.399. The average molecular weight is 215 g/mol. The van der Waals surface area contributed by atoms with Crippen LogP contribution in [0.15, 0.2) is 30.5 Å². The van der Waals surface area contributed by atoms with Crippen LogP contribution in [0.4, 0.5) is 0 Å². The fourth-order valence-corrected chi connectivity index (χ4v) is 2.02. The van der Waals surface area contributed by atoms with E-state index in [0.29, 0.717) is 0 Å². The van der Waals surface area contributed by atoms with Gasteiger partial charge in [-0.15, -0.1) is 0 Å². The fraction of sp³-hybridized carbons (Fsp3) is 0.357. The lowest BCUT2D eigenvalue weighted by atomic mass is 9.84. The van der Waals surface area contributed by atoms with Gasteiger partial charge in [0.05, 0.1) is 12.6 Å². The summed E-state index contributed by atoms with van der Waals surface area (Å²) in [6.45, 7) is 6.54. The van der Waals surface area contributed by atoms with E-state index >= 15 is 0 Å². The lowest BCUT2D eigenvalue weighted by Gasteiger charge is -2.23. The second-order valence-corrected chi connectivity index (χ2v) is 4.97. The molecule has 0 saturated carbocycles. The van der Waals surface area contributed by atoms with Crippen molar-refractivity contribution in [3.8, 4) is 5.75 Å². The molecule has 2 heteroatoms. The first kappa shape index (κ1) is 10.9. The summed E-state index contributed by atoms with van der Waals surface area (Å²) in [5.74, 6) is 0.915. The smallest absolute Gasteiger partial charge is 0.124 e. The van der Waals surface area contributed by atoms with Gasteiger partial charge in [0.1, 0.15) is 5.75 Å². The van der Waals surface area contributed by atoms with Gasteiger partial charge in [-0.1, -0.05) is 26.8 Å². The minimum atomic E-state index is 0.0270. The third-order valence-corrected chi connectivity index (χ3v) is 2.71. The van der Waals surface area contributed by atoms with Crippen LogP contribution >= 0.6 is 0 Å². The van der Waals surface area contributed by atoms with E-state index in [2.05, 4.69) is 37.9 Å². The topological polar surface area (TPSA) is 22.1 Å². The minimum absolute atomic E-state index is 0.0270. The number of fused-ring (bicyclic) bond motifs is 1. The second-order valence-electron chi connectivity index (χ2n) is 4.97. The Hall–Kier alpha value is -1.57. The number of pyridine rings is 1. The van der Waals surface area contributed by atoms with E-state index in [1.54, 1.807) is 7.11 Å². The summed E-state index contributed by atoms with van der Waals surface area (Å²) in [7, 11) is 1.71. The molecule has 0 saturated heterocycles. The summed E-state index contributed by atoms with van der Waals surface area (Å²) in [6.07, 6.45) is 1.83. The van der Waals surface area contributed by atoms with Crippen LogP contribution in [0.3, 0.4) is 0 Å². The molecule has 0 radical (unpaired) electrons. The van der Waals surface area contributed by atoms with Crippen molar-refractivity contribution in [1.82, 2.24) is 4.98 Å². The average Bonchev–Trinajstić information content (AvgIpc) is 2.26. The van der Waals surface area contributed by atoms with Gasteiger partial charge in [-0.25, -0.2) is 0 Å². The number of ether oxygens (including phenoxy) is 1. The van der Waals surface area contributed by atoms with E-state index in [-0.39, 0.29) is 5.41 Å². The van der Waals surface area contributed by atoms with Crippen molar-refractivity contribution in [2.24, 2.45) is 0 Å². The molecule has 2 rings (SSSR count). The van der Waals surface area contributed by atoms with Gasteiger partial charge in [-0.2, -0.15) is 0 Å². The van der Waals surface area contributed by atoms with Gasteiger partial charge in [0.2, 0.25) is 0 Å². The molecule has 0 amide bonds. The van der Waals surface area contributed by atoms with Crippen LogP contribution in [-0.2, 0) is 5.41 Å². The monoisotopic (exact) mass is 215 g/mol. The molecule has 16 heavy (non-hydrogen) atoms.